The zero-order valence-electron chi connectivity index (χ0n) is 15.6. The summed E-state index contributed by atoms with van der Waals surface area (Å²) < 4.78 is 6.30. The lowest BCUT2D eigenvalue weighted by molar-refractivity contribution is 0.414. The number of nitrogens with zero attached hydrogens (tertiary/aromatic N) is 2. The van der Waals surface area contributed by atoms with Crippen LogP contribution < -0.4 is 20.3 Å². The minimum absolute atomic E-state index is 0. The Hall–Kier alpha value is -1.48. The molecule has 5 nitrogen and oxygen atoms in total. The van der Waals surface area contributed by atoms with Crippen LogP contribution in [0.1, 0.15) is 12.0 Å². The molecule has 1 heterocycles. The van der Waals surface area contributed by atoms with Crippen molar-refractivity contribution >= 4 is 51.6 Å². The standard InChI is InChI=1S/C20H25BrN4O.HI/c1-22-20(23-13-15-3-9-19(26-2)10-4-15)24-17-11-12-25(14-17)18-7-5-16(21)6-8-18;/h3-10,17H,11-14H2,1-2H3,(H2,22,23,24);1H. The highest BCUT2D eigenvalue weighted by atomic mass is 127. The molecule has 0 aliphatic carbocycles. The zero-order valence-corrected chi connectivity index (χ0v) is 19.5. The molecule has 1 saturated heterocycles. The van der Waals surface area contributed by atoms with E-state index >= 15 is 0 Å². The fraction of sp³-hybridized carbons (Fsp3) is 0.350. The van der Waals surface area contributed by atoms with E-state index in [-0.39, 0.29) is 24.0 Å². The van der Waals surface area contributed by atoms with E-state index in [0.717, 1.165) is 42.2 Å². The Labute approximate surface area is 186 Å². The van der Waals surface area contributed by atoms with Crippen LogP contribution in [0.15, 0.2) is 58.0 Å². The van der Waals surface area contributed by atoms with Crippen LogP contribution in [0, 0.1) is 0 Å². The number of methoxy groups -OCH3 is 1. The van der Waals surface area contributed by atoms with Gasteiger partial charge in [0.15, 0.2) is 5.96 Å². The summed E-state index contributed by atoms with van der Waals surface area (Å²) in [7, 11) is 3.49. The van der Waals surface area contributed by atoms with Gasteiger partial charge in [-0.15, -0.1) is 24.0 Å². The first-order valence-electron chi connectivity index (χ1n) is 8.78. The van der Waals surface area contributed by atoms with E-state index in [9.17, 15) is 0 Å². The number of benzene rings is 2. The number of nitrogens with one attached hydrogen (secondary N) is 2. The van der Waals surface area contributed by atoms with Crippen molar-refractivity contribution < 1.29 is 4.74 Å². The maximum absolute atomic E-state index is 5.19. The van der Waals surface area contributed by atoms with Crippen LogP contribution in [0.5, 0.6) is 5.75 Å². The van der Waals surface area contributed by atoms with E-state index in [4.69, 9.17) is 4.74 Å². The molecule has 0 aromatic heterocycles. The Morgan fingerprint density at radius 3 is 2.52 bits per heavy atom. The third-order valence-electron chi connectivity index (χ3n) is 4.56. The van der Waals surface area contributed by atoms with E-state index in [2.05, 4.69) is 72.9 Å². The molecule has 27 heavy (non-hydrogen) atoms. The second-order valence-electron chi connectivity index (χ2n) is 6.33. The van der Waals surface area contributed by atoms with E-state index in [1.165, 1.54) is 11.3 Å². The molecule has 1 fully saturated rings. The molecule has 7 heteroatoms. The van der Waals surface area contributed by atoms with Crippen LogP contribution in [-0.2, 0) is 6.54 Å². The third kappa shape index (κ3) is 6.27. The van der Waals surface area contributed by atoms with Gasteiger partial charge in [0.05, 0.1) is 7.11 Å². The van der Waals surface area contributed by atoms with Crippen molar-refractivity contribution in [2.45, 2.75) is 19.0 Å². The van der Waals surface area contributed by atoms with Crippen molar-refractivity contribution in [1.29, 1.82) is 0 Å². The van der Waals surface area contributed by atoms with Crippen LogP contribution in [0.4, 0.5) is 5.69 Å². The number of halogens is 2. The molecule has 1 unspecified atom stereocenters. The van der Waals surface area contributed by atoms with Crippen LogP contribution >= 0.6 is 39.9 Å². The van der Waals surface area contributed by atoms with E-state index in [1.54, 1.807) is 7.11 Å². The molecule has 0 bridgehead atoms. The second kappa shape index (κ2) is 10.8. The van der Waals surface area contributed by atoms with Gasteiger partial charge in [-0.05, 0) is 48.4 Å². The summed E-state index contributed by atoms with van der Waals surface area (Å²) >= 11 is 3.49. The van der Waals surface area contributed by atoms with E-state index in [1.807, 2.05) is 19.2 Å². The van der Waals surface area contributed by atoms with E-state index < -0.39 is 0 Å². The fourth-order valence-corrected chi connectivity index (χ4v) is 3.35. The maximum atomic E-state index is 5.19. The average Bonchev–Trinajstić information content (AvgIpc) is 3.14. The Balaban J connectivity index is 0.00000261. The Morgan fingerprint density at radius 2 is 1.89 bits per heavy atom. The first-order chi connectivity index (χ1) is 12.7. The highest BCUT2D eigenvalue weighted by Gasteiger charge is 2.23. The number of guanidine groups is 1. The summed E-state index contributed by atoms with van der Waals surface area (Å²) in [5, 5.41) is 6.92. The number of hydrogen-bond donors (Lipinski definition) is 2. The summed E-state index contributed by atoms with van der Waals surface area (Å²) in [5.41, 5.74) is 2.45. The minimum Gasteiger partial charge on any atom is -0.497 e. The Morgan fingerprint density at radius 1 is 1.19 bits per heavy atom. The summed E-state index contributed by atoms with van der Waals surface area (Å²) in [6.45, 7) is 2.76. The van der Waals surface area contributed by atoms with Gasteiger partial charge in [0.25, 0.3) is 0 Å². The average molecular weight is 545 g/mol. The third-order valence-corrected chi connectivity index (χ3v) is 5.09. The van der Waals surface area contributed by atoms with Gasteiger partial charge in [-0.3, -0.25) is 4.99 Å². The largest absolute Gasteiger partial charge is 0.497 e. The minimum atomic E-state index is 0. The molecule has 2 aromatic rings. The van der Waals surface area contributed by atoms with Crippen LogP contribution in [-0.4, -0.2) is 39.2 Å². The van der Waals surface area contributed by atoms with Gasteiger partial charge in [0.1, 0.15) is 5.75 Å². The molecule has 0 radical (unpaired) electrons. The van der Waals surface area contributed by atoms with Gasteiger partial charge < -0.3 is 20.3 Å². The molecular weight excluding hydrogens is 519 g/mol. The van der Waals surface area contributed by atoms with Gasteiger partial charge in [-0.25, -0.2) is 0 Å². The molecule has 1 aliphatic heterocycles. The topological polar surface area (TPSA) is 48.9 Å². The first kappa shape index (κ1) is 21.8. The van der Waals surface area contributed by atoms with Crippen LogP contribution in [0.25, 0.3) is 0 Å². The van der Waals surface area contributed by atoms with E-state index in [0.29, 0.717) is 6.04 Å². The van der Waals surface area contributed by atoms with Gasteiger partial charge >= 0.3 is 0 Å². The van der Waals surface area contributed by atoms with Crippen molar-refractivity contribution in [3.05, 3.63) is 58.6 Å². The van der Waals surface area contributed by atoms with Crippen molar-refractivity contribution in [2.24, 2.45) is 4.99 Å². The summed E-state index contributed by atoms with van der Waals surface area (Å²) in [4.78, 5) is 6.76. The van der Waals surface area contributed by atoms with Crippen molar-refractivity contribution in [3.63, 3.8) is 0 Å². The van der Waals surface area contributed by atoms with Gasteiger partial charge in [-0.1, -0.05) is 28.1 Å². The molecule has 146 valence electrons. The van der Waals surface area contributed by atoms with Crippen molar-refractivity contribution in [2.75, 3.05) is 32.1 Å². The molecule has 0 amide bonds. The number of aliphatic imine (C=N–C) groups is 1. The number of ether oxygens (including phenoxy) is 1. The number of anilines is 1. The SMILES string of the molecule is CN=C(NCc1ccc(OC)cc1)NC1CCN(c2ccc(Br)cc2)C1.I. The fourth-order valence-electron chi connectivity index (χ4n) is 3.08. The predicted molar refractivity (Wildman–Crippen MR) is 127 cm³/mol. The summed E-state index contributed by atoms with van der Waals surface area (Å²) in [6, 6.07) is 16.9. The molecule has 1 aliphatic rings. The smallest absolute Gasteiger partial charge is 0.191 e. The Kier molecular flexibility index (Phi) is 8.69. The molecule has 1 atom stereocenters. The van der Waals surface area contributed by atoms with Crippen molar-refractivity contribution in [3.8, 4) is 5.75 Å². The molecule has 0 spiro atoms. The molecule has 2 aromatic carbocycles. The van der Waals surface area contributed by atoms with Crippen LogP contribution in [0.2, 0.25) is 0 Å². The highest BCUT2D eigenvalue weighted by Crippen LogP contribution is 2.22. The van der Waals surface area contributed by atoms with Gasteiger partial charge in [0.2, 0.25) is 0 Å². The normalized spacial score (nSPS) is 16.6. The maximum Gasteiger partial charge on any atom is 0.191 e. The van der Waals surface area contributed by atoms with Gasteiger partial charge in [0, 0.05) is 42.9 Å². The summed E-state index contributed by atoms with van der Waals surface area (Å²) in [5.74, 6) is 1.71. The van der Waals surface area contributed by atoms with Crippen LogP contribution in [0.3, 0.4) is 0 Å². The lowest BCUT2D eigenvalue weighted by Crippen LogP contribution is -2.44. The zero-order chi connectivity index (χ0) is 18.4. The molecule has 2 N–H and O–H groups in total. The molecule has 0 saturated carbocycles. The quantitative estimate of drug-likeness (QED) is 0.339. The lowest BCUT2D eigenvalue weighted by atomic mass is 10.2. The first-order valence-corrected chi connectivity index (χ1v) is 9.58. The lowest BCUT2D eigenvalue weighted by Gasteiger charge is -2.20. The summed E-state index contributed by atoms with van der Waals surface area (Å²) in [6.07, 6.45) is 1.10. The molecular formula is C20H26BrIN4O. The number of hydrogen-bond acceptors (Lipinski definition) is 3. The number of rotatable bonds is 5. The second-order valence-corrected chi connectivity index (χ2v) is 7.24. The Bertz CT molecular complexity index is 737. The highest BCUT2D eigenvalue weighted by molar-refractivity contribution is 14.0. The predicted octanol–water partition coefficient (Wildman–Crippen LogP) is 4.02. The molecule has 3 rings (SSSR count). The van der Waals surface area contributed by atoms with Crippen molar-refractivity contribution in [1.82, 2.24) is 10.6 Å². The van der Waals surface area contributed by atoms with Gasteiger partial charge in [-0.2, -0.15) is 0 Å². The monoisotopic (exact) mass is 544 g/mol.